The Morgan fingerprint density at radius 1 is 0.667 bits per heavy atom. The highest BCUT2D eigenvalue weighted by Crippen LogP contribution is 2.24. The fourth-order valence-electron chi connectivity index (χ4n) is 3.46. The van der Waals surface area contributed by atoms with E-state index in [0.717, 1.165) is 11.1 Å². The van der Waals surface area contributed by atoms with Crippen molar-refractivity contribution in [1.29, 1.82) is 0 Å². The number of hydrogen-bond donors (Lipinski definition) is 0. The van der Waals surface area contributed by atoms with Crippen LogP contribution in [0.5, 0.6) is 0 Å². The van der Waals surface area contributed by atoms with Gasteiger partial charge in [-0.3, -0.25) is 14.6 Å². The van der Waals surface area contributed by atoms with E-state index in [1.807, 2.05) is 36.4 Å². The molecule has 7 heteroatoms. The van der Waals surface area contributed by atoms with Crippen LogP contribution in [0, 0.1) is 0 Å². The first kappa shape index (κ1) is 20.4. The van der Waals surface area contributed by atoms with Crippen molar-refractivity contribution >= 4 is 35.0 Å². The van der Waals surface area contributed by atoms with Crippen molar-refractivity contribution in [3.63, 3.8) is 0 Å². The number of pyridine rings is 1. The van der Waals surface area contributed by atoms with Crippen molar-refractivity contribution < 1.29 is 9.59 Å². The summed E-state index contributed by atoms with van der Waals surface area (Å²) in [6.45, 7) is 1.91. The van der Waals surface area contributed by atoms with Crippen LogP contribution in [0.2, 0.25) is 10.0 Å². The third-order valence-corrected chi connectivity index (χ3v) is 5.91. The average Bonchev–Trinajstić information content (AvgIpc) is 2.81. The first-order valence-electron chi connectivity index (χ1n) is 9.57. The summed E-state index contributed by atoms with van der Waals surface area (Å²) >= 11 is 11.9. The van der Waals surface area contributed by atoms with Gasteiger partial charge in [-0.15, -0.1) is 0 Å². The Morgan fingerprint density at radius 3 is 1.73 bits per heavy atom. The summed E-state index contributed by atoms with van der Waals surface area (Å²) in [5.74, 6) is -0.139. The number of aromatic nitrogens is 1. The zero-order valence-corrected chi connectivity index (χ0v) is 17.6. The Labute approximate surface area is 184 Å². The number of carbonyl (C=O) groups excluding carboxylic acids is 2. The van der Waals surface area contributed by atoms with E-state index in [4.69, 9.17) is 23.2 Å². The number of piperazine rings is 1. The molecule has 1 aliphatic heterocycles. The highest BCUT2D eigenvalue weighted by Gasteiger charge is 2.25. The summed E-state index contributed by atoms with van der Waals surface area (Å²) < 4.78 is 0. The summed E-state index contributed by atoms with van der Waals surface area (Å²) in [4.78, 5) is 33.1. The van der Waals surface area contributed by atoms with Gasteiger partial charge in [-0.1, -0.05) is 35.3 Å². The maximum Gasteiger partial charge on any atom is 0.254 e. The van der Waals surface area contributed by atoms with E-state index in [9.17, 15) is 9.59 Å². The Balaban J connectivity index is 1.38. The summed E-state index contributed by atoms with van der Waals surface area (Å²) in [5.41, 5.74) is 3.22. The fraction of sp³-hybridized carbons (Fsp3) is 0.174. The van der Waals surface area contributed by atoms with Crippen molar-refractivity contribution in [2.45, 2.75) is 0 Å². The van der Waals surface area contributed by atoms with E-state index in [1.54, 1.807) is 40.4 Å². The molecule has 5 nitrogen and oxygen atoms in total. The van der Waals surface area contributed by atoms with Gasteiger partial charge in [0.05, 0.1) is 10.0 Å². The third kappa shape index (κ3) is 4.32. The first-order chi connectivity index (χ1) is 14.5. The van der Waals surface area contributed by atoms with Gasteiger partial charge in [0.25, 0.3) is 11.8 Å². The van der Waals surface area contributed by atoms with Crippen molar-refractivity contribution in [1.82, 2.24) is 14.8 Å². The maximum atomic E-state index is 12.9. The number of carbonyl (C=O) groups is 2. The summed E-state index contributed by atoms with van der Waals surface area (Å²) in [7, 11) is 0. The monoisotopic (exact) mass is 439 g/mol. The van der Waals surface area contributed by atoms with Crippen LogP contribution in [0.1, 0.15) is 20.7 Å². The lowest BCUT2D eigenvalue weighted by molar-refractivity contribution is 0.0535. The molecule has 1 saturated heterocycles. The summed E-state index contributed by atoms with van der Waals surface area (Å²) in [6, 6.07) is 16.3. The number of rotatable bonds is 3. The maximum absolute atomic E-state index is 12.9. The van der Waals surface area contributed by atoms with E-state index in [2.05, 4.69) is 4.98 Å². The van der Waals surface area contributed by atoms with Gasteiger partial charge in [0.1, 0.15) is 0 Å². The van der Waals surface area contributed by atoms with Crippen LogP contribution in [-0.4, -0.2) is 52.8 Å². The van der Waals surface area contributed by atoms with Gasteiger partial charge in [-0.25, -0.2) is 0 Å². The molecule has 1 aromatic heterocycles. The molecule has 2 aromatic carbocycles. The smallest absolute Gasteiger partial charge is 0.254 e. The molecule has 152 valence electrons. The van der Waals surface area contributed by atoms with Crippen molar-refractivity contribution in [3.8, 4) is 11.1 Å². The van der Waals surface area contributed by atoms with Crippen LogP contribution in [-0.2, 0) is 0 Å². The predicted octanol–water partition coefficient (Wildman–Crippen LogP) is 4.65. The summed E-state index contributed by atoms with van der Waals surface area (Å²) in [6.07, 6.45) is 3.49. The van der Waals surface area contributed by atoms with Gasteiger partial charge in [-0.2, -0.15) is 0 Å². The normalized spacial score (nSPS) is 13.9. The number of amides is 2. The lowest BCUT2D eigenvalue weighted by atomic mass is 10.0. The van der Waals surface area contributed by atoms with Crippen LogP contribution >= 0.6 is 23.2 Å². The largest absolute Gasteiger partial charge is 0.335 e. The Kier molecular flexibility index (Phi) is 6.02. The van der Waals surface area contributed by atoms with E-state index in [-0.39, 0.29) is 11.8 Å². The molecule has 30 heavy (non-hydrogen) atoms. The van der Waals surface area contributed by atoms with Gasteiger partial charge in [0.2, 0.25) is 0 Å². The Bertz CT molecular complexity index is 1060. The quantitative estimate of drug-likeness (QED) is 0.596. The predicted molar refractivity (Wildman–Crippen MR) is 118 cm³/mol. The topological polar surface area (TPSA) is 53.5 Å². The van der Waals surface area contributed by atoms with Crippen LogP contribution in [0.15, 0.2) is 67.0 Å². The van der Waals surface area contributed by atoms with Gasteiger partial charge in [-0.05, 0) is 53.6 Å². The second kappa shape index (κ2) is 8.86. The number of hydrogen-bond acceptors (Lipinski definition) is 3. The van der Waals surface area contributed by atoms with E-state index in [1.165, 1.54) is 0 Å². The Hall–Kier alpha value is -2.89. The fourth-order valence-corrected chi connectivity index (χ4v) is 3.75. The minimum Gasteiger partial charge on any atom is -0.335 e. The van der Waals surface area contributed by atoms with Crippen molar-refractivity contribution in [2.24, 2.45) is 0 Å². The molecule has 4 rings (SSSR count). The zero-order valence-electron chi connectivity index (χ0n) is 16.1. The van der Waals surface area contributed by atoms with Gasteiger partial charge in [0, 0.05) is 49.7 Å². The molecule has 0 unspecified atom stereocenters. The van der Waals surface area contributed by atoms with Crippen LogP contribution in [0.25, 0.3) is 11.1 Å². The standard InChI is InChI=1S/C23H19Cl2N3O2/c24-20-6-5-19(15-21(20)25)23(30)28-13-11-27(12-14-28)22(29)18-3-1-16(2-4-18)17-7-9-26-10-8-17/h1-10,15H,11-14H2. The molecule has 0 atom stereocenters. The highest BCUT2D eigenvalue weighted by atomic mass is 35.5. The lowest BCUT2D eigenvalue weighted by Crippen LogP contribution is -2.50. The second-order valence-corrected chi connectivity index (χ2v) is 7.84. The van der Waals surface area contributed by atoms with Gasteiger partial charge < -0.3 is 9.80 Å². The van der Waals surface area contributed by atoms with Crippen LogP contribution < -0.4 is 0 Å². The molecule has 3 aromatic rings. The highest BCUT2D eigenvalue weighted by molar-refractivity contribution is 6.42. The van der Waals surface area contributed by atoms with E-state index < -0.39 is 0 Å². The molecule has 0 N–H and O–H groups in total. The SMILES string of the molecule is O=C(c1ccc(-c2ccncc2)cc1)N1CCN(C(=O)c2ccc(Cl)c(Cl)c2)CC1. The number of benzene rings is 2. The van der Waals surface area contributed by atoms with Crippen molar-refractivity contribution in [2.75, 3.05) is 26.2 Å². The minimum atomic E-state index is -0.109. The molecule has 0 bridgehead atoms. The number of halogens is 2. The first-order valence-corrected chi connectivity index (χ1v) is 10.3. The van der Waals surface area contributed by atoms with Crippen LogP contribution in [0.4, 0.5) is 0 Å². The summed E-state index contributed by atoms with van der Waals surface area (Å²) in [5, 5.41) is 0.769. The van der Waals surface area contributed by atoms with Gasteiger partial charge >= 0.3 is 0 Å². The molecule has 2 amide bonds. The zero-order chi connectivity index (χ0) is 21.1. The van der Waals surface area contributed by atoms with Gasteiger partial charge in [0.15, 0.2) is 0 Å². The Morgan fingerprint density at radius 2 is 1.17 bits per heavy atom. The second-order valence-electron chi connectivity index (χ2n) is 7.03. The molecular weight excluding hydrogens is 421 g/mol. The number of nitrogens with zero attached hydrogens (tertiary/aromatic N) is 3. The minimum absolute atomic E-state index is 0.0297. The molecule has 1 aliphatic rings. The van der Waals surface area contributed by atoms with Crippen molar-refractivity contribution in [3.05, 3.63) is 88.2 Å². The average molecular weight is 440 g/mol. The van der Waals surface area contributed by atoms with Crippen LogP contribution in [0.3, 0.4) is 0 Å². The molecule has 1 fully saturated rings. The molecular formula is C23H19Cl2N3O2. The van der Waals surface area contributed by atoms with E-state index >= 15 is 0 Å². The molecule has 0 aliphatic carbocycles. The molecule has 0 spiro atoms. The van der Waals surface area contributed by atoms with E-state index in [0.29, 0.717) is 47.4 Å². The lowest BCUT2D eigenvalue weighted by Gasteiger charge is -2.35. The molecule has 2 heterocycles. The third-order valence-electron chi connectivity index (χ3n) is 5.17. The molecule has 0 radical (unpaired) electrons. The molecule has 0 saturated carbocycles.